The third kappa shape index (κ3) is 2.35. The first kappa shape index (κ1) is 14.4. The number of likely N-dealkylation sites (tertiary alicyclic amines) is 1. The average Bonchev–Trinajstić information content (AvgIpc) is 2.98. The number of nitrogens with zero attached hydrogens (tertiary/aromatic N) is 2. The fraction of sp³-hybridized carbons (Fsp3) is 0.615. The highest BCUT2D eigenvalue weighted by Gasteiger charge is 2.44. The molecule has 110 valence electrons. The highest BCUT2D eigenvalue weighted by Crippen LogP contribution is 2.34. The Balaban J connectivity index is 2.07. The molecule has 1 atom stereocenters. The molecular weight excluding hydrogens is 260 g/mol. The van der Waals surface area contributed by atoms with Gasteiger partial charge in [-0.15, -0.1) is 0 Å². The summed E-state index contributed by atoms with van der Waals surface area (Å²) < 4.78 is 0. The van der Waals surface area contributed by atoms with E-state index in [1.165, 1.54) is 0 Å². The fourth-order valence-electron chi connectivity index (χ4n) is 2.58. The molecule has 0 saturated carbocycles. The van der Waals surface area contributed by atoms with E-state index in [4.69, 9.17) is 0 Å². The largest absolute Gasteiger partial charge is 0.481 e. The van der Waals surface area contributed by atoms with E-state index in [-0.39, 0.29) is 12.6 Å². The van der Waals surface area contributed by atoms with Crippen molar-refractivity contribution in [3.63, 3.8) is 0 Å². The number of carboxylic acids is 1. The maximum atomic E-state index is 12.2. The topological polar surface area (TPSA) is 98.3 Å². The molecule has 0 aliphatic carbocycles. The summed E-state index contributed by atoms with van der Waals surface area (Å²) in [7, 11) is 0. The van der Waals surface area contributed by atoms with Crippen LogP contribution in [0.2, 0.25) is 0 Å². The number of carbonyl (C=O) groups excluding carboxylic acids is 1. The van der Waals surface area contributed by atoms with Crippen LogP contribution in [0.4, 0.5) is 10.5 Å². The zero-order valence-corrected chi connectivity index (χ0v) is 12.0. The van der Waals surface area contributed by atoms with Gasteiger partial charge in [0.2, 0.25) is 0 Å². The molecule has 1 aromatic rings. The van der Waals surface area contributed by atoms with E-state index in [2.05, 4.69) is 15.5 Å². The fourth-order valence-corrected chi connectivity index (χ4v) is 2.58. The molecule has 0 aromatic carbocycles. The maximum Gasteiger partial charge on any atom is 0.321 e. The van der Waals surface area contributed by atoms with Crippen LogP contribution in [-0.2, 0) is 4.79 Å². The van der Waals surface area contributed by atoms with Crippen molar-refractivity contribution in [3.05, 3.63) is 11.4 Å². The molecule has 2 amide bonds. The van der Waals surface area contributed by atoms with Gasteiger partial charge < -0.3 is 15.3 Å². The van der Waals surface area contributed by atoms with Crippen molar-refractivity contribution in [2.24, 2.45) is 5.41 Å². The van der Waals surface area contributed by atoms with E-state index in [1.807, 2.05) is 13.8 Å². The SMILES string of the molecule is CCC1(C(=O)O)CCN(C(=O)Nc2c(C)n[nH]c2C)C1. The van der Waals surface area contributed by atoms with Gasteiger partial charge in [-0.05, 0) is 26.7 Å². The van der Waals surface area contributed by atoms with Crippen molar-refractivity contribution in [1.82, 2.24) is 15.1 Å². The van der Waals surface area contributed by atoms with Crippen molar-refractivity contribution in [2.45, 2.75) is 33.6 Å². The quantitative estimate of drug-likeness (QED) is 0.785. The summed E-state index contributed by atoms with van der Waals surface area (Å²) >= 11 is 0. The second-order valence-corrected chi connectivity index (χ2v) is 5.35. The zero-order valence-electron chi connectivity index (χ0n) is 12.0. The number of urea groups is 1. The number of anilines is 1. The lowest BCUT2D eigenvalue weighted by molar-refractivity contribution is -0.148. The van der Waals surface area contributed by atoms with E-state index in [9.17, 15) is 14.7 Å². The molecule has 1 aliphatic rings. The second kappa shape index (κ2) is 5.15. The molecule has 1 fully saturated rings. The highest BCUT2D eigenvalue weighted by molar-refractivity contribution is 5.91. The number of carboxylic acid groups (broad SMARTS) is 1. The van der Waals surface area contributed by atoms with Gasteiger partial charge in [-0.25, -0.2) is 4.79 Å². The maximum absolute atomic E-state index is 12.2. The molecule has 0 spiro atoms. The standard InChI is InChI=1S/C13H20N4O3/c1-4-13(11(18)19)5-6-17(7-13)12(20)14-10-8(2)15-16-9(10)3/h4-7H2,1-3H3,(H,14,20)(H,15,16)(H,18,19). The minimum Gasteiger partial charge on any atom is -0.481 e. The van der Waals surface area contributed by atoms with Gasteiger partial charge in [0.25, 0.3) is 0 Å². The number of aryl methyl sites for hydroxylation is 2. The first-order valence-electron chi connectivity index (χ1n) is 6.70. The van der Waals surface area contributed by atoms with Gasteiger partial charge in [0, 0.05) is 13.1 Å². The molecule has 20 heavy (non-hydrogen) atoms. The Hall–Kier alpha value is -2.05. The van der Waals surface area contributed by atoms with Gasteiger partial charge >= 0.3 is 12.0 Å². The van der Waals surface area contributed by atoms with Gasteiger partial charge in [-0.1, -0.05) is 6.92 Å². The molecule has 7 nitrogen and oxygen atoms in total. The third-order valence-electron chi connectivity index (χ3n) is 4.13. The van der Waals surface area contributed by atoms with E-state index >= 15 is 0 Å². The molecular formula is C13H20N4O3. The monoisotopic (exact) mass is 280 g/mol. The number of carbonyl (C=O) groups is 2. The lowest BCUT2D eigenvalue weighted by Crippen LogP contribution is -2.38. The van der Waals surface area contributed by atoms with Crippen LogP contribution in [0.5, 0.6) is 0 Å². The van der Waals surface area contributed by atoms with Gasteiger partial charge in [-0.3, -0.25) is 9.89 Å². The summed E-state index contributed by atoms with van der Waals surface area (Å²) in [4.78, 5) is 25.2. The number of aromatic nitrogens is 2. The number of hydrogen-bond acceptors (Lipinski definition) is 3. The summed E-state index contributed by atoms with van der Waals surface area (Å²) in [6.45, 7) is 6.19. The Morgan fingerprint density at radius 3 is 2.65 bits per heavy atom. The molecule has 1 aliphatic heterocycles. The molecule has 3 N–H and O–H groups in total. The number of rotatable bonds is 3. The van der Waals surface area contributed by atoms with Crippen LogP contribution < -0.4 is 5.32 Å². The number of aromatic amines is 1. The van der Waals surface area contributed by atoms with Crippen LogP contribution in [0, 0.1) is 19.3 Å². The second-order valence-electron chi connectivity index (χ2n) is 5.35. The Morgan fingerprint density at radius 1 is 1.50 bits per heavy atom. The van der Waals surface area contributed by atoms with Gasteiger partial charge in [0.1, 0.15) is 0 Å². The van der Waals surface area contributed by atoms with Gasteiger partial charge in [0.15, 0.2) is 0 Å². The molecule has 0 radical (unpaired) electrons. The van der Waals surface area contributed by atoms with Crippen molar-refractivity contribution in [2.75, 3.05) is 18.4 Å². The lowest BCUT2D eigenvalue weighted by Gasteiger charge is -2.23. The Bertz CT molecular complexity index is 520. The van der Waals surface area contributed by atoms with Crippen LogP contribution in [0.25, 0.3) is 0 Å². The molecule has 1 saturated heterocycles. The first-order chi connectivity index (χ1) is 9.39. The molecule has 7 heteroatoms. The van der Waals surface area contributed by atoms with Crippen LogP contribution >= 0.6 is 0 Å². The predicted molar refractivity (Wildman–Crippen MR) is 73.6 cm³/mol. The minimum atomic E-state index is -0.828. The van der Waals surface area contributed by atoms with Crippen molar-refractivity contribution < 1.29 is 14.7 Å². The van der Waals surface area contributed by atoms with Crippen LogP contribution in [0.3, 0.4) is 0 Å². The highest BCUT2D eigenvalue weighted by atomic mass is 16.4. The Kier molecular flexibility index (Phi) is 3.69. The first-order valence-corrected chi connectivity index (χ1v) is 6.70. The normalized spacial score (nSPS) is 22.1. The summed E-state index contributed by atoms with van der Waals surface area (Å²) in [5.74, 6) is -0.828. The minimum absolute atomic E-state index is 0.251. The van der Waals surface area contributed by atoms with Crippen molar-refractivity contribution >= 4 is 17.7 Å². The Morgan fingerprint density at radius 2 is 2.20 bits per heavy atom. The number of aliphatic carboxylic acids is 1. The zero-order chi connectivity index (χ0) is 14.9. The summed E-state index contributed by atoms with van der Waals surface area (Å²) in [5, 5.41) is 19.0. The Labute approximate surface area is 117 Å². The van der Waals surface area contributed by atoms with Crippen molar-refractivity contribution in [3.8, 4) is 0 Å². The smallest absolute Gasteiger partial charge is 0.321 e. The van der Waals surface area contributed by atoms with Crippen LogP contribution in [0.1, 0.15) is 31.2 Å². The molecule has 2 rings (SSSR count). The van der Waals surface area contributed by atoms with Gasteiger partial charge in [-0.2, -0.15) is 5.10 Å². The molecule has 0 bridgehead atoms. The molecule has 2 heterocycles. The average molecular weight is 280 g/mol. The van der Waals surface area contributed by atoms with Gasteiger partial charge in [0.05, 0.1) is 22.5 Å². The van der Waals surface area contributed by atoms with Crippen molar-refractivity contribution in [1.29, 1.82) is 0 Å². The summed E-state index contributed by atoms with van der Waals surface area (Å²) in [6.07, 6.45) is 1.02. The van der Waals surface area contributed by atoms with E-state index < -0.39 is 11.4 Å². The summed E-state index contributed by atoms with van der Waals surface area (Å²) in [6, 6.07) is -0.269. The van der Waals surface area contributed by atoms with Crippen LogP contribution in [0.15, 0.2) is 0 Å². The van der Waals surface area contributed by atoms with E-state index in [0.29, 0.717) is 25.1 Å². The van der Waals surface area contributed by atoms with E-state index in [0.717, 1.165) is 11.4 Å². The summed E-state index contributed by atoms with van der Waals surface area (Å²) in [5.41, 5.74) is 1.36. The van der Waals surface area contributed by atoms with E-state index in [1.54, 1.807) is 11.8 Å². The lowest BCUT2D eigenvalue weighted by atomic mass is 9.84. The third-order valence-corrected chi connectivity index (χ3v) is 4.13. The number of H-pyrrole nitrogens is 1. The molecule has 1 unspecified atom stereocenters. The molecule has 1 aromatic heterocycles. The number of hydrogen-bond donors (Lipinski definition) is 3. The number of nitrogens with one attached hydrogen (secondary N) is 2. The number of amides is 2. The predicted octanol–water partition coefficient (Wildman–Crippen LogP) is 1.75. The van der Waals surface area contributed by atoms with Crippen LogP contribution in [-0.4, -0.2) is 45.3 Å².